The van der Waals surface area contributed by atoms with Crippen LogP contribution in [0.3, 0.4) is 0 Å². The summed E-state index contributed by atoms with van der Waals surface area (Å²) in [4.78, 5) is 9.39. The van der Waals surface area contributed by atoms with Crippen molar-refractivity contribution in [1.29, 1.82) is 0 Å². The highest BCUT2D eigenvalue weighted by Crippen LogP contribution is 2.32. The molecule has 1 aromatic carbocycles. The Hall–Kier alpha value is -1.26. The number of nitrogens with one attached hydrogen (secondary N) is 2. The van der Waals surface area contributed by atoms with Crippen molar-refractivity contribution in [2.24, 2.45) is 4.99 Å². The number of ether oxygens (including phenoxy) is 2. The molecule has 0 saturated carbocycles. The first-order valence-corrected chi connectivity index (χ1v) is 10.0. The Morgan fingerprint density at radius 1 is 1.14 bits per heavy atom. The lowest BCUT2D eigenvalue weighted by Crippen LogP contribution is -2.52. The zero-order valence-corrected chi connectivity index (χ0v) is 19.6. The summed E-state index contributed by atoms with van der Waals surface area (Å²) < 4.78 is 11.5. The van der Waals surface area contributed by atoms with E-state index in [9.17, 15) is 0 Å². The van der Waals surface area contributed by atoms with Crippen molar-refractivity contribution in [2.75, 3.05) is 64.8 Å². The molecule has 2 N–H and O–H groups in total. The summed E-state index contributed by atoms with van der Waals surface area (Å²) in [6.07, 6.45) is 0.908. The molecule has 0 spiro atoms. The van der Waals surface area contributed by atoms with E-state index in [1.54, 1.807) is 7.05 Å². The molecule has 1 fully saturated rings. The predicted molar refractivity (Wildman–Crippen MR) is 126 cm³/mol. The van der Waals surface area contributed by atoms with Crippen molar-refractivity contribution < 1.29 is 9.47 Å². The molecule has 2 aliphatic heterocycles. The zero-order valence-electron chi connectivity index (χ0n) is 17.2. The minimum Gasteiger partial charge on any atom is -0.490 e. The number of halogens is 1. The van der Waals surface area contributed by atoms with Crippen molar-refractivity contribution >= 4 is 35.6 Å². The summed E-state index contributed by atoms with van der Waals surface area (Å²) in [6.45, 7) is 12.5. The number of piperazine rings is 1. The van der Waals surface area contributed by atoms with Gasteiger partial charge in [0.25, 0.3) is 0 Å². The highest BCUT2D eigenvalue weighted by Gasteiger charge is 2.20. The van der Waals surface area contributed by atoms with E-state index in [1.165, 1.54) is 0 Å². The highest BCUT2D eigenvalue weighted by atomic mass is 127. The minimum atomic E-state index is 0. The number of aliphatic imine (C=N–C) groups is 1. The average molecular weight is 503 g/mol. The molecule has 158 valence electrons. The number of rotatable bonds is 5. The Morgan fingerprint density at radius 2 is 1.86 bits per heavy atom. The SMILES string of the molecule is CCN1CCN(C(C)CNC(=NC)Nc2ccc3c(c2)OCCCO3)CC1.I. The maximum Gasteiger partial charge on any atom is 0.195 e. The second kappa shape index (κ2) is 11.7. The van der Waals surface area contributed by atoms with Gasteiger partial charge in [-0.1, -0.05) is 6.92 Å². The Kier molecular flexibility index (Phi) is 9.60. The fourth-order valence-corrected chi connectivity index (χ4v) is 3.45. The van der Waals surface area contributed by atoms with Gasteiger partial charge in [-0.3, -0.25) is 9.89 Å². The Balaban J connectivity index is 0.00000280. The van der Waals surface area contributed by atoms with E-state index in [0.717, 1.165) is 68.8 Å². The number of hydrogen-bond acceptors (Lipinski definition) is 5. The third-order valence-electron chi connectivity index (χ3n) is 5.28. The highest BCUT2D eigenvalue weighted by molar-refractivity contribution is 14.0. The maximum absolute atomic E-state index is 5.76. The molecule has 0 amide bonds. The van der Waals surface area contributed by atoms with E-state index in [1.807, 2.05) is 18.2 Å². The lowest BCUT2D eigenvalue weighted by Gasteiger charge is -2.37. The topological polar surface area (TPSA) is 61.4 Å². The summed E-state index contributed by atoms with van der Waals surface area (Å²) in [5.41, 5.74) is 0.941. The van der Waals surface area contributed by atoms with Crippen LogP contribution in [-0.4, -0.2) is 81.3 Å². The maximum atomic E-state index is 5.76. The number of benzene rings is 1. The van der Waals surface area contributed by atoms with Crippen LogP contribution < -0.4 is 20.1 Å². The largest absolute Gasteiger partial charge is 0.490 e. The van der Waals surface area contributed by atoms with Crippen LogP contribution in [0.4, 0.5) is 5.69 Å². The summed E-state index contributed by atoms with van der Waals surface area (Å²) in [7, 11) is 1.79. The predicted octanol–water partition coefficient (Wildman–Crippen LogP) is 2.48. The molecule has 2 heterocycles. The summed E-state index contributed by atoms with van der Waals surface area (Å²) in [5, 5.41) is 6.79. The van der Waals surface area contributed by atoms with Gasteiger partial charge in [-0.2, -0.15) is 0 Å². The summed E-state index contributed by atoms with van der Waals surface area (Å²) in [6, 6.07) is 6.38. The van der Waals surface area contributed by atoms with Crippen LogP contribution in [-0.2, 0) is 0 Å². The molecule has 0 radical (unpaired) electrons. The molecule has 1 saturated heterocycles. The third kappa shape index (κ3) is 6.38. The van der Waals surface area contributed by atoms with Crippen LogP contribution in [0.5, 0.6) is 11.5 Å². The number of guanidine groups is 1. The first-order chi connectivity index (χ1) is 13.2. The van der Waals surface area contributed by atoms with Crippen molar-refractivity contribution in [3.63, 3.8) is 0 Å². The zero-order chi connectivity index (χ0) is 19.1. The van der Waals surface area contributed by atoms with Crippen molar-refractivity contribution in [2.45, 2.75) is 26.3 Å². The number of fused-ring (bicyclic) bond motifs is 1. The summed E-state index contributed by atoms with van der Waals surface area (Å²) >= 11 is 0. The number of anilines is 1. The Labute approximate surface area is 185 Å². The van der Waals surface area contributed by atoms with E-state index in [0.29, 0.717) is 19.3 Å². The molecule has 8 heteroatoms. The van der Waals surface area contributed by atoms with Gasteiger partial charge in [-0.15, -0.1) is 24.0 Å². The third-order valence-corrected chi connectivity index (χ3v) is 5.28. The van der Waals surface area contributed by atoms with E-state index in [2.05, 4.69) is 39.3 Å². The molecule has 2 aliphatic rings. The molecule has 0 bridgehead atoms. The smallest absolute Gasteiger partial charge is 0.195 e. The molecule has 1 atom stereocenters. The average Bonchev–Trinajstić information content (AvgIpc) is 2.95. The number of hydrogen-bond donors (Lipinski definition) is 2. The van der Waals surface area contributed by atoms with Crippen LogP contribution in [0.25, 0.3) is 0 Å². The van der Waals surface area contributed by atoms with E-state index >= 15 is 0 Å². The Morgan fingerprint density at radius 3 is 2.54 bits per heavy atom. The van der Waals surface area contributed by atoms with Gasteiger partial charge < -0.3 is 25.0 Å². The summed E-state index contributed by atoms with van der Waals surface area (Å²) in [5.74, 6) is 2.36. The second-order valence-electron chi connectivity index (χ2n) is 7.11. The van der Waals surface area contributed by atoms with Gasteiger partial charge >= 0.3 is 0 Å². The molecular weight excluding hydrogens is 469 g/mol. The number of nitrogens with zero attached hydrogens (tertiary/aromatic N) is 3. The molecule has 28 heavy (non-hydrogen) atoms. The fraction of sp³-hybridized carbons (Fsp3) is 0.650. The second-order valence-corrected chi connectivity index (χ2v) is 7.11. The first-order valence-electron chi connectivity index (χ1n) is 10.0. The molecule has 0 aliphatic carbocycles. The molecular formula is C20H34IN5O2. The molecule has 0 aromatic heterocycles. The van der Waals surface area contributed by atoms with Gasteiger partial charge in [0, 0.05) is 64.0 Å². The van der Waals surface area contributed by atoms with Crippen LogP contribution in [0.2, 0.25) is 0 Å². The van der Waals surface area contributed by atoms with Crippen LogP contribution >= 0.6 is 24.0 Å². The van der Waals surface area contributed by atoms with Crippen LogP contribution in [0.15, 0.2) is 23.2 Å². The van der Waals surface area contributed by atoms with Crippen molar-refractivity contribution in [3.8, 4) is 11.5 Å². The standard InChI is InChI=1S/C20H33N5O2.HI/c1-4-24-8-10-25(11-9-24)16(2)15-22-20(21-3)23-17-6-7-18-19(14-17)27-13-5-12-26-18;/h6-7,14,16H,4-5,8-13,15H2,1-3H3,(H2,21,22,23);1H. The van der Waals surface area contributed by atoms with E-state index in [-0.39, 0.29) is 24.0 Å². The van der Waals surface area contributed by atoms with E-state index < -0.39 is 0 Å². The monoisotopic (exact) mass is 503 g/mol. The minimum absolute atomic E-state index is 0. The first kappa shape index (κ1) is 23.0. The Bertz CT molecular complexity index is 635. The van der Waals surface area contributed by atoms with Crippen molar-refractivity contribution in [3.05, 3.63) is 18.2 Å². The fourth-order valence-electron chi connectivity index (χ4n) is 3.45. The molecule has 1 aromatic rings. The van der Waals surface area contributed by atoms with Gasteiger partial charge in [0.1, 0.15) is 0 Å². The normalized spacial score (nSPS) is 19.3. The van der Waals surface area contributed by atoms with Gasteiger partial charge in [-0.25, -0.2) is 0 Å². The quantitative estimate of drug-likeness (QED) is 0.366. The van der Waals surface area contributed by atoms with Gasteiger partial charge in [0.05, 0.1) is 13.2 Å². The lowest BCUT2D eigenvalue weighted by atomic mass is 10.2. The van der Waals surface area contributed by atoms with Crippen molar-refractivity contribution in [1.82, 2.24) is 15.1 Å². The van der Waals surface area contributed by atoms with E-state index in [4.69, 9.17) is 9.47 Å². The van der Waals surface area contributed by atoms with Crippen LogP contribution in [0, 0.1) is 0 Å². The van der Waals surface area contributed by atoms with Gasteiger partial charge in [0.15, 0.2) is 17.5 Å². The molecule has 7 nitrogen and oxygen atoms in total. The molecule has 3 rings (SSSR count). The van der Waals surface area contributed by atoms with Gasteiger partial charge in [-0.05, 0) is 25.6 Å². The molecule has 1 unspecified atom stereocenters. The lowest BCUT2D eigenvalue weighted by molar-refractivity contribution is 0.107. The van der Waals surface area contributed by atoms with Gasteiger partial charge in [0.2, 0.25) is 0 Å². The number of likely N-dealkylation sites (N-methyl/N-ethyl adjacent to an activating group) is 1. The van der Waals surface area contributed by atoms with Crippen LogP contribution in [0.1, 0.15) is 20.3 Å².